The predicted molar refractivity (Wildman–Crippen MR) is 116 cm³/mol. The third-order valence-corrected chi connectivity index (χ3v) is 6.68. The molecule has 1 saturated heterocycles. The molecule has 4 nitrogen and oxygen atoms in total. The molecule has 1 aliphatic heterocycles. The van der Waals surface area contributed by atoms with Crippen molar-refractivity contribution in [1.29, 1.82) is 0 Å². The van der Waals surface area contributed by atoms with Gasteiger partial charge in [0.1, 0.15) is 4.88 Å². The van der Waals surface area contributed by atoms with Crippen molar-refractivity contribution in [1.82, 2.24) is 4.90 Å². The highest BCUT2D eigenvalue weighted by atomic mass is 35.5. The Bertz CT molecular complexity index is 996. The summed E-state index contributed by atoms with van der Waals surface area (Å²) < 4.78 is 0.907. The summed E-state index contributed by atoms with van der Waals surface area (Å²) in [5.74, 6) is -0.195. The highest BCUT2D eigenvalue weighted by Crippen LogP contribution is 2.37. The molecule has 1 aliphatic rings. The van der Waals surface area contributed by atoms with Crippen LogP contribution in [-0.4, -0.2) is 44.0 Å². The van der Waals surface area contributed by atoms with Gasteiger partial charge in [-0.25, -0.2) is 0 Å². The van der Waals surface area contributed by atoms with E-state index in [9.17, 15) is 4.79 Å². The van der Waals surface area contributed by atoms with E-state index in [-0.39, 0.29) is 5.91 Å². The Morgan fingerprint density at radius 1 is 1.07 bits per heavy atom. The fourth-order valence-corrected chi connectivity index (χ4v) is 4.95. The summed E-state index contributed by atoms with van der Waals surface area (Å²) in [4.78, 5) is 18.0. The minimum atomic E-state index is -0.195. The lowest BCUT2D eigenvalue weighted by atomic mass is 10.2. The van der Waals surface area contributed by atoms with Crippen LogP contribution >= 0.6 is 34.5 Å². The molecule has 0 bridgehead atoms. The molecule has 2 heterocycles. The summed E-state index contributed by atoms with van der Waals surface area (Å²) in [6.07, 6.45) is 0. The highest BCUT2D eigenvalue weighted by molar-refractivity contribution is 7.21. The second-order valence-electron chi connectivity index (χ2n) is 6.65. The Labute approximate surface area is 172 Å². The lowest BCUT2D eigenvalue weighted by molar-refractivity contribution is 0.103. The van der Waals surface area contributed by atoms with Crippen LogP contribution in [0.2, 0.25) is 10.0 Å². The molecule has 1 aromatic heterocycles. The molecule has 0 unspecified atom stereocenters. The first kappa shape index (κ1) is 18.6. The summed E-state index contributed by atoms with van der Waals surface area (Å²) in [5.41, 5.74) is 1.85. The largest absolute Gasteiger partial charge is 0.367 e. The van der Waals surface area contributed by atoms with Crippen molar-refractivity contribution < 1.29 is 4.79 Å². The van der Waals surface area contributed by atoms with Crippen LogP contribution in [0.15, 0.2) is 42.5 Å². The zero-order valence-electron chi connectivity index (χ0n) is 14.8. The second-order valence-corrected chi connectivity index (χ2v) is 8.51. The van der Waals surface area contributed by atoms with Gasteiger partial charge in [0, 0.05) is 41.3 Å². The first-order chi connectivity index (χ1) is 13.0. The van der Waals surface area contributed by atoms with E-state index in [1.54, 1.807) is 6.07 Å². The number of hydrogen-bond acceptors (Lipinski definition) is 4. The van der Waals surface area contributed by atoms with E-state index in [0.717, 1.165) is 47.6 Å². The van der Waals surface area contributed by atoms with Gasteiger partial charge in [-0.05, 0) is 31.3 Å². The quantitative estimate of drug-likeness (QED) is 0.632. The normalized spacial score (nSPS) is 15.3. The van der Waals surface area contributed by atoms with Crippen molar-refractivity contribution in [3.63, 3.8) is 0 Å². The summed E-state index contributed by atoms with van der Waals surface area (Å²) in [6, 6.07) is 13.4. The number of rotatable bonds is 3. The van der Waals surface area contributed by atoms with Gasteiger partial charge in [0.05, 0.1) is 16.4 Å². The van der Waals surface area contributed by atoms with E-state index < -0.39 is 0 Å². The fraction of sp³-hybridized carbons (Fsp3) is 0.250. The lowest BCUT2D eigenvalue weighted by Gasteiger charge is -2.35. The monoisotopic (exact) mass is 419 g/mol. The SMILES string of the molecule is CN1CCN(c2ccccc2NC(=O)c2sc3cc(Cl)ccc3c2Cl)CC1. The molecular weight excluding hydrogens is 401 g/mol. The molecule has 3 aromatic rings. The van der Waals surface area contributed by atoms with E-state index in [0.29, 0.717) is 14.9 Å². The van der Waals surface area contributed by atoms with Crippen molar-refractivity contribution in [2.75, 3.05) is 43.4 Å². The van der Waals surface area contributed by atoms with E-state index in [1.165, 1.54) is 11.3 Å². The maximum absolute atomic E-state index is 12.9. The molecule has 2 aromatic carbocycles. The molecule has 0 spiro atoms. The number of nitrogens with zero attached hydrogens (tertiary/aromatic N) is 2. The minimum Gasteiger partial charge on any atom is -0.367 e. The minimum absolute atomic E-state index is 0.195. The van der Waals surface area contributed by atoms with Crippen LogP contribution in [0, 0.1) is 0 Å². The number of hydrogen-bond donors (Lipinski definition) is 1. The van der Waals surface area contributed by atoms with Gasteiger partial charge < -0.3 is 15.1 Å². The van der Waals surface area contributed by atoms with Gasteiger partial charge >= 0.3 is 0 Å². The number of carbonyl (C=O) groups is 1. The third-order valence-electron chi connectivity index (χ3n) is 4.79. The Morgan fingerprint density at radius 3 is 2.59 bits per heavy atom. The molecule has 0 atom stereocenters. The first-order valence-electron chi connectivity index (χ1n) is 8.74. The molecule has 0 radical (unpaired) electrons. The van der Waals surface area contributed by atoms with Crippen molar-refractivity contribution in [3.8, 4) is 0 Å². The van der Waals surface area contributed by atoms with Crippen LogP contribution in [0.4, 0.5) is 11.4 Å². The molecule has 0 saturated carbocycles. The number of carbonyl (C=O) groups excluding carboxylic acids is 1. The van der Waals surface area contributed by atoms with Crippen LogP contribution in [0.5, 0.6) is 0 Å². The number of thiophene rings is 1. The first-order valence-corrected chi connectivity index (χ1v) is 10.3. The molecule has 1 fully saturated rings. The number of benzene rings is 2. The van der Waals surface area contributed by atoms with Gasteiger partial charge in [0.2, 0.25) is 0 Å². The van der Waals surface area contributed by atoms with Crippen LogP contribution in [0.1, 0.15) is 9.67 Å². The Hall–Kier alpha value is -1.79. The van der Waals surface area contributed by atoms with Crippen LogP contribution in [-0.2, 0) is 0 Å². The maximum atomic E-state index is 12.9. The van der Waals surface area contributed by atoms with Gasteiger partial charge in [0.15, 0.2) is 0 Å². The summed E-state index contributed by atoms with van der Waals surface area (Å²) in [6.45, 7) is 3.88. The molecule has 1 amide bonds. The average Bonchev–Trinajstić information content (AvgIpc) is 2.99. The van der Waals surface area contributed by atoms with Crippen molar-refractivity contribution in [2.24, 2.45) is 0 Å². The summed E-state index contributed by atoms with van der Waals surface area (Å²) in [7, 11) is 2.13. The standard InChI is InChI=1S/C20H19Cl2N3OS/c1-24-8-10-25(11-9-24)16-5-3-2-4-15(16)23-20(26)19-18(22)14-7-6-13(21)12-17(14)27-19/h2-7,12H,8-11H2,1H3,(H,23,26). The average molecular weight is 420 g/mol. The number of anilines is 2. The van der Waals surface area contributed by atoms with Crippen molar-refractivity contribution in [2.45, 2.75) is 0 Å². The molecular formula is C20H19Cl2N3OS. The zero-order chi connectivity index (χ0) is 19.0. The molecule has 7 heteroatoms. The van der Waals surface area contributed by atoms with Gasteiger partial charge in [-0.1, -0.05) is 41.4 Å². The number of halogens is 2. The molecule has 27 heavy (non-hydrogen) atoms. The number of amides is 1. The van der Waals surface area contributed by atoms with E-state index in [1.807, 2.05) is 36.4 Å². The third kappa shape index (κ3) is 3.78. The Morgan fingerprint density at radius 2 is 1.81 bits per heavy atom. The van der Waals surface area contributed by atoms with Crippen molar-refractivity contribution >= 4 is 61.9 Å². The second kappa shape index (κ2) is 7.68. The van der Waals surface area contributed by atoms with E-state index >= 15 is 0 Å². The van der Waals surface area contributed by atoms with Gasteiger partial charge in [0.25, 0.3) is 5.91 Å². The predicted octanol–water partition coefficient (Wildman–Crippen LogP) is 5.21. The molecule has 4 rings (SSSR count). The molecule has 140 valence electrons. The number of piperazine rings is 1. The number of fused-ring (bicyclic) bond motifs is 1. The van der Waals surface area contributed by atoms with Crippen LogP contribution in [0.3, 0.4) is 0 Å². The molecule has 1 N–H and O–H groups in total. The number of likely N-dealkylation sites (N-methyl/N-ethyl adjacent to an activating group) is 1. The summed E-state index contributed by atoms with van der Waals surface area (Å²) in [5, 5.41) is 5.01. The number of para-hydroxylation sites is 2. The van der Waals surface area contributed by atoms with Crippen molar-refractivity contribution in [3.05, 3.63) is 57.4 Å². The Kier molecular flexibility index (Phi) is 5.28. The van der Waals surface area contributed by atoms with Gasteiger partial charge in [-0.3, -0.25) is 4.79 Å². The highest BCUT2D eigenvalue weighted by Gasteiger charge is 2.21. The van der Waals surface area contributed by atoms with Crippen LogP contribution < -0.4 is 10.2 Å². The maximum Gasteiger partial charge on any atom is 0.267 e. The van der Waals surface area contributed by atoms with Crippen LogP contribution in [0.25, 0.3) is 10.1 Å². The van der Waals surface area contributed by atoms with Gasteiger partial charge in [-0.2, -0.15) is 0 Å². The smallest absolute Gasteiger partial charge is 0.267 e. The lowest BCUT2D eigenvalue weighted by Crippen LogP contribution is -2.44. The van der Waals surface area contributed by atoms with Gasteiger partial charge in [-0.15, -0.1) is 11.3 Å². The fourth-order valence-electron chi connectivity index (χ4n) is 3.27. The topological polar surface area (TPSA) is 35.6 Å². The zero-order valence-corrected chi connectivity index (χ0v) is 17.2. The molecule has 0 aliphatic carbocycles. The number of nitrogens with one attached hydrogen (secondary N) is 1. The Balaban J connectivity index is 1.61. The van der Waals surface area contributed by atoms with E-state index in [4.69, 9.17) is 23.2 Å². The summed E-state index contributed by atoms with van der Waals surface area (Å²) >= 11 is 13.9. The van der Waals surface area contributed by atoms with E-state index in [2.05, 4.69) is 22.2 Å².